The second kappa shape index (κ2) is 9.15. The molecule has 1 rings (SSSR count). The van der Waals surface area contributed by atoms with E-state index >= 15 is 0 Å². The van der Waals surface area contributed by atoms with Gasteiger partial charge in [-0.25, -0.2) is 13.2 Å². The first-order valence-corrected chi connectivity index (χ1v) is 9.05. The molecule has 0 heterocycles. The normalized spacial score (nSPS) is 12.4. The lowest BCUT2D eigenvalue weighted by Gasteiger charge is -2.14. The molecule has 23 heavy (non-hydrogen) atoms. The molecule has 0 aromatic heterocycles. The Balaban J connectivity index is 3.23. The van der Waals surface area contributed by atoms with Gasteiger partial charge in [0.1, 0.15) is 0 Å². The van der Waals surface area contributed by atoms with Gasteiger partial charge >= 0.3 is 5.97 Å². The lowest BCUT2D eigenvalue weighted by Crippen LogP contribution is -2.17. The number of hydrogen-bond donors (Lipinski definition) is 0. The minimum Gasteiger partial charge on any atom is -0.462 e. The third-order valence-electron chi connectivity index (χ3n) is 3.18. The third kappa shape index (κ3) is 5.25. The smallest absolute Gasteiger partial charge is 0.350 e. The van der Waals surface area contributed by atoms with Gasteiger partial charge in [-0.05, 0) is 51.3 Å². The van der Waals surface area contributed by atoms with Gasteiger partial charge in [0, 0.05) is 13.1 Å². The highest BCUT2D eigenvalue weighted by Crippen LogP contribution is 2.20. The molecule has 1 aromatic rings. The quantitative estimate of drug-likeness (QED) is 0.415. The lowest BCUT2D eigenvalue weighted by atomic mass is 10.4. The summed E-state index contributed by atoms with van der Waals surface area (Å²) in [6.45, 7) is 7.31. The van der Waals surface area contributed by atoms with E-state index in [4.69, 9.17) is 4.74 Å². The van der Waals surface area contributed by atoms with Gasteiger partial charge in [-0.3, -0.25) is 0 Å². The van der Waals surface area contributed by atoms with Crippen LogP contribution in [0, 0.1) is 0 Å². The van der Waals surface area contributed by atoms with Crippen LogP contribution in [0.15, 0.2) is 58.5 Å². The Bertz CT molecular complexity index is 659. The molecule has 0 aliphatic rings. The molecule has 0 saturated heterocycles. The van der Waals surface area contributed by atoms with E-state index < -0.39 is 15.8 Å². The monoisotopic (exact) mass is 337 g/mol. The van der Waals surface area contributed by atoms with Crippen molar-refractivity contribution < 1.29 is 17.9 Å². The molecule has 0 saturated carbocycles. The van der Waals surface area contributed by atoms with E-state index in [1.165, 1.54) is 18.2 Å². The first-order valence-electron chi connectivity index (χ1n) is 7.57. The number of carbonyl (C=O) groups excluding carboxylic acids is 1. The summed E-state index contributed by atoms with van der Waals surface area (Å²) in [6, 6.07) is 7.85. The molecule has 6 heteroatoms. The van der Waals surface area contributed by atoms with Gasteiger partial charge in [-0.1, -0.05) is 18.2 Å². The Kier molecular flexibility index (Phi) is 7.54. The molecule has 0 atom stereocenters. The van der Waals surface area contributed by atoms with Gasteiger partial charge < -0.3 is 9.64 Å². The Labute approximate surface area is 138 Å². The van der Waals surface area contributed by atoms with Gasteiger partial charge in [-0.2, -0.15) is 0 Å². The average Bonchev–Trinajstić information content (AvgIpc) is 2.56. The maximum absolute atomic E-state index is 12.6. The van der Waals surface area contributed by atoms with E-state index in [0.29, 0.717) is 0 Å². The highest BCUT2D eigenvalue weighted by molar-refractivity contribution is 7.96. The molecule has 0 amide bonds. The standard InChI is InChI=1S/C17H23NO4S/c1-4-18(5-2)14-10-13-16(17(19)22-6-3)23(20,21)15-11-8-7-9-12-15/h7-14H,4-6H2,1-3H3/b14-10+,16-13+. The fourth-order valence-electron chi connectivity index (χ4n) is 1.88. The summed E-state index contributed by atoms with van der Waals surface area (Å²) in [5, 5.41) is 0. The van der Waals surface area contributed by atoms with Crippen molar-refractivity contribution in [1.29, 1.82) is 0 Å². The van der Waals surface area contributed by atoms with Gasteiger partial charge in [0.15, 0.2) is 4.91 Å². The summed E-state index contributed by atoms with van der Waals surface area (Å²) in [5.74, 6) is -0.847. The fourth-order valence-corrected chi connectivity index (χ4v) is 3.19. The zero-order valence-electron chi connectivity index (χ0n) is 13.7. The van der Waals surface area contributed by atoms with E-state index in [0.717, 1.165) is 13.1 Å². The zero-order chi connectivity index (χ0) is 17.3. The van der Waals surface area contributed by atoms with Gasteiger partial charge in [0.25, 0.3) is 0 Å². The minimum atomic E-state index is -3.92. The summed E-state index contributed by atoms with van der Waals surface area (Å²) in [7, 11) is -3.92. The summed E-state index contributed by atoms with van der Waals surface area (Å²) in [6.07, 6.45) is 4.60. The number of allylic oxidation sites excluding steroid dienone is 2. The van der Waals surface area contributed by atoms with Crippen LogP contribution in [0.5, 0.6) is 0 Å². The molecule has 0 radical (unpaired) electrons. The second-order valence-corrected chi connectivity index (χ2v) is 6.55. The number of hydrogen-bond acceptors (Lipinski definition) is 5. The summed E-state index contributed by atoms with van der Waals surface area (Å²) >= 11 is 0. The Morgan fingerprint density at radius 3 is 2.26 bits per heavy atom. The number of ether oxygens (including phenoxy) is 1. The topological polar surface area (TPSA) is 63.7 Å². The first-order chi connectivity index (χ1) is 11.0. The summed E-state index contributed by atoms with van der Waals surface area (Å²) < 4.78 is 30.2. The van der Waals surface area contributed by atoms with Crippen LogP contribution >= 0.6 is 0 Å². The number of nitrogens with zero attached hydrogens (tertiary/aromatic N) is 1. The first kappa shape index (κ1) is 19.0. The highest BCUT2D eigenvalue weighted by atomic mass is 32.2. The third-order valence-corrected chi connectivity index (χ3v) is 4.95. The van der Waals surface area contributed by atoms with Crippen LogP contribution in [0.2, 0.25) is 0 Å². The number of carbonyl (C=O) groups is 1. The van der Waals surface area contributed by atoms with Crippen molar-refractivity contribution in [3.63, 3.8) is 0 Å². The largest absolute Gasteiger partial charge is 0.462 e. The van der Waals surface area contributed by atoms with E-state index in [1.807, 2.05) is 18.7 Å². The van der Waals surface area contributed by atoms with E-state index in [9.17, 15) is 13.2 Å². The van der Waals surface area contributed by atoms with Crippen molar-refractivity contribution in [2.75, 3.05) is 19.7 Å². The molecule has 1 aromatic carbocycles. The maximum atomic E-state index is 12.6. The van der Waals surface area contributed by atoms with Crippen molar-refractivity contribution in [2.24, 2.45) is 0 Å². The molecular formula is C17H23NO4S. The fraction of sp³-hybridized carbons (Fsp3) is 0.353. The molecule has 0 unspecified atom stereocenters. The van der Waals surface area contributed by atoms with Crippen LogP contribution in [-0.4, -0.2) is 39.0 Å². The molecule has 0 aliphatic carbocycles. The van der Waals surface area contributed by atoms with Crippen LogP contribution in [0.1, 0.15) is 20.8 Å². The molecule has 0 spiro atoms. The van der Waals surface area contributed by atoms with Crippen LogP contribution in [0.4, 0.5) is 0 Å². The summed E-state index contributed by atoms with van der Waals surface area (Å²) in [5.41, 5.74) is 0. The average molecular weight is 337 g/mol. The van der Waals surface area contributed by atoms with Crippen molar-refractivity contribution >= 4 is 15.8 Å². The molecule has 0 fully saturated rings. The zero-order valence-corrected chi connectivity index (χ0v) is 14.5. The van der Waals surface area contributed by atoms with Crippen molar-refractivity contribution in [3.05, 3.63) is 53.6 Å². The predicted octanol–water partition coefficient (Wildman–Crippen LogP) is 2.76. The predicted molar refractivity (Wildman–Crippen MR) is 90.4 cm³/mol. The van der Waals surface area contributed by atoms with Crippen molar-refractivity contribution in [3.8, 4) is 0 Å². The molecular weight excluding hydrogens is 314 g/mol. The van der Waals surface area contributed by atoms with E-state index in [-0.39, 0.29) is 16.4 Å². The van der Waals surface area contributed by atoms with Crippen LogP contribution in [-0.2, 0) is 19.4 Å². The molecule has 5 nitrogen and oxygen atoms in total. The van der Waals surface area contributed by atoms with Gasteiger partial charge in [0.2, 0.25) is 9.84 Å². The number of esters is 1. The number of rotatable bonds is 8. The Morgan fingerprint density at radius 2 is 1.74 bits per heavy atom. The highest BCUT2D eigenvalue weighted by Gasteiger charge is 2.27. The number of sulfone groups is 1. The Hall–Kier alpha value is -2.08. The maximum Gasteiger partial charge on any atom is 0.350 e. The molecule has 0 N–H and O–H groups in total. The summed E-state index contributed by atoms with van der Waals surface area (Å²) in [4.78, 5) is 13.7. The van der Waals surface area contributed by atoms with Crippen LogP contribution in [0.3, 0.4) is 0 Å². The lowest BCUT2D eigenvalue weighted by molar-refractivity contribution is -0.137. The second-order valence-electron chi connectivity index (χ2n) is 4.63. The van der Waals surface area contributed by atoms with Gasteiger partial charge in [-0.15, -0.1) is 0 Å². The molecule has 0 aliphatic heterocycles. The SMILES string of the molecule is CCOC(=O)/C(=C\C=C\N(CC)CC)S(=O)(=O)c1ccccc1. The molecule has 126 valence electrons. The van der Waals surface area contributed by atoms with Crippen molar-refractivity contribution in [2.45, 2.75) is 25.7 Å². The number of benzene rings is 1. The van der Waals surface area contributed by atoms with E-state index in [1.54, 1.807) is 37.4 Å². The minimum absolute atomic E-state index is 0.0653. The van der Waals surface area contributed by atoms with Crippen LogP contribution in [0.25, 0.3) is 0 Å². The van der Waals surface area contributed by atoms with Crippen molar-refractivity contribution in [1.82, 2.24) is 4.90 Å². The van der Waals surface area contributed by atoms with Crippen LogP contribution < -0.4 is 0 Å². The van der Waals surface area contributed by atoms with Gasteiger partial charge in [0.05, 0.1) is 11.5 Å². The molecule has 0 bridgehead atoms. The Morgan fingerprint density at radius 1 is 1.13 bits per heavy atom. The van der Waals surface area contributed by atoms with E-state index in [2.05, 4.69) is 0 Å².